The fourth-order valence-electron chi connectivity index (χ4n) is 4.06. The number of aliphatic hydroxyl groups is 1. The number of aliphatic hydroxyl groups excluding tert-OH is 1. The van der Waals surface area contributed by atoms with Crippen LogP contribution in [0.5, 0.6) is 11.5 Å². The number of benzene rings is 3. The molecule has 8 heteroatoms. The predicted molar refractivity (Wildman–Crippen MR) is 136 cm³/mol. The Bertz CT molecular complexity index is 1300. The van der Waals surface area contributed by atoms with Crippen LogP contribution in [-0.4, -0.2) is 30.3 Å². The van der Waals surface area contributed by atoms with E-state index in [1.54, 1.807) is 42.5 Å². The van der Waals surface area contributed by atoms with E-state index in [9.17, 15) is 23.1 Å². The van der Waals surface area contributed by atoms with Crippen LogP contribution >= 0.6 is 0 Å². The van der Waals surface area contributed by atoms with Crippen LogP contribution in [0.2, 0.25) is 0 Å². The number of carbonyl (C=O) groups excluding carboxylic acids is 1. The average Bonchev–Trinajstić information content (AvgIpc) is 3.32. The lowest BCUT2D eigenvalue weighted by atomic mass is 9.96. The first kappa shape index (κ1) is 26.0. The van der Waals surface area contributed by atoms with Crippen LogP contribution in [0.15, 0.2) is 85.0 Å². The minimum atomic E-state index is -4.43. The Labute approximate surface area is 212 Å². The summed E-state index contributed by atoms with van der Waals surface area (Å²) in [7, 11) is 0. The van der Waals surface area contributed by atoms with Crippen molar-refractivity contribution in [2.75, 3.05) is 18.5 Å². The average molecular weight is 510 g/mol. The number of nitrogens with one attached hydrogen (secondary N) is 1. The largest absolute Gasteiger partial charge is 0.494 e. The van der Waals surface area contributed by atoms with Crippen LogP contribution in [0.4, 0.5) is 18.9 Å². The van der Waals surface area contributed by atoms with E-state index < -0.39 is 11.7 Å². The number of amides is 1. The summed E-state index contributed by atoms with van der Waals surface area (Å²) in [5, 5.41) is 12.2. The Morgan fingerprint density at radius 1 is 1.08 bits per heavy atom. The zero-order valence-corrected chi connectivity index (χ0v) is 20.1. The molecule has 37 heavy (non-hydrogen) atoms. The molecule has 1 unspecified atom stereocenters. The lowest BCUT2D eigenvalue weighted by molar-refractivity contribution is -0.137. The summed E-state index contributed by atoms with van der Waals surface area (Å²) in [6.07, 6.45) is 0.290. The van der Waals surface area contributed by atoms with E-state index in [2.05, 4.69) is 5.32 Å². The highest BCUT2D eigenvalue weighted by molar-refractivity contribution is 6.00. The minimum absolute atomic E-state index is 0.120. The van der Waals surface area contributed by atoms with Gasteiger partial charge in [-0.05, 0) is 60.0 Å². The second-order valence-electron chi connectivity index (χ2n) is 8.37. The van der Waals surface area contributed by atoms with Gasteiger partial charge in [0.25, 0.3) is 0 Å². The molecule has 192 valence electrons. The van der Waals surface area contributed by atoms with Gasteiger partial charge >= 0.3 is 6.18 Å². The fraction of sp³-hybridized carbons (Fsp3) is 0.207. The van der Waals surface area contributed by atoms with Gasteiger partial charge in [0.15, 0.2) is 0 Å². The van der Waals surface area contributed by atoms with Gasteiger partial charge in [-0.25, -0.2) is 0 Å². The van der Waals surface area contributed by atoms with E-state index in [0.717, 1.165) is 23.3 Å². The predicted octanol–water partition coefficient (Wildman–Crippen LogP) is 6.03. The van der Waals surface area contributed by atoms with Crippen molar-refractivity contribution in [3.63, 3.8) is 0 Å². The Morgan fingerprint density at radius 3 is 2.38 bits per heavy atom. The number of ether oxygens (including phenoxy) is 2. The van der Waals surface area contributed by atoms with E-state index >= 15 is 0 Å². The lowest BCUT2D eigenvalue weighted by Crippen LogP contribution is -2.17. The monoisotopic (exact) mass is 509 g/mol. The molecule has 0 fully saturated rings. The molecule has 0 radical (unpaired) electrons. The number of alkyl halides is 3. The molecule has 0 aliphatic carbocycles. The number of anilines is 1. The van der Waals surface area contributed by atoms with Gasteiger partial charge in [0.2, 0.25) is 5.91 Å². The maximum Gasteiger partial charge on any atom is 0.416 e. The van der Waals surface area contributed by atoms with Gasteiger partial charge < -0.3 is 19.9 Å². The number of allylic oxidation sites excluding steroid dienone is 2. The maximum atomic E-state index is 13.1. The van der Waals surface area contributed by atoms with Gasteiger partial charge in [-0.2, -0.15) is 13.2 Å². The molecule has 0 aromatic heterocycles. The maximum absolute atomic E-state index is 13.1. The van der Waals surface area contributed by atoms with Crippen molar-refractivity contribution >= 4 is 17.2 Å². The molecule has 1 heterocycles. The van der Waals surface area contributed by atoms with Crippen molar-refractivity contribution in [3.05, 3.63) is 107 Å². The zero-order valence-electron chi connectivity index (χ0n) is 20.1. The standard InChI is InChI=1S/C29H26F3NO4/c1-2-36-22-15-11-20(12-16-22)24(19-9-13-21(14-10-19)29(30,31)32)5-3-8-28(35)33-26-6-4-7-27-25(26)17-23(18-34)37-27/h3-16,23,34H,2,17-18H2,1H3,(H,33,35). The molecular weight excluding hydrogens is 483 g/mol. The molecule has 2 N–H and O–H groups in total. The highest BCUT2D eigenvalue weighted by atomic mass is 19.4. The van der Waals surface area contributed by atoms with Crippen molar-refractivity contribution in [3.8, 4) is 11.5 Å². The van der Waals surface area contributed by atoms with E-state index in [-0.39, 0.29) is 18.6 Å². The van der Waals surface area contributed by atoms with Crippen molar-refractivity contribution in [2.24, 2.45) is 0 Å². The van der Waals surface area contributed by atoms with E-state index in [1.165, 1.54) is 18.2 Å². The van der Waals surface area contributed by atoms with Gasteiger partial charge in [0.05, 0.1) is 18.8 Å². The van der Waals surface area contributed by atoms with Gasteiger partial charge in [-0.1, -0.05) is 42.5 Å². The number of hydrogen-bond donors (Lipinski definition) is 2. The van der Waals surface area contributed by atoms with Gasteiger partial charge in [0, 0.05) is 23.7 Å². The topological polar surface area (TPSA) is 67.8 Å². The molecule has 5 nitrogen and oxygen atoms in total. The third-order valence-electron chi connectivity index (χ3n) is 5.83. The number of rotatable bonds is 8. The molecule has 1 aliphatic rings. The normalized spacial score (nSPS) is 15.4. The molecule has 4 rings (SSSR count). The summed E-state index contributed by atoms with van der Waals surface area (Å²) in [6, 6.07) is 17.4. The lowest BCUT2D eigenvalue weighted by Gasteiger charge is -2.12. The van der Waals surface area contributed by atoms with Crippen LogP contribution < -0.4 is 14.8 Å². The second kappa shape index (κ2) is 11.3. The van der Waals surface area contributed by atoms with Gasteiger partial charge in [-0.3, -0.25) is 4.79 Å². The summed E-state index contributed by atoms with van der Waals surface area (Å²) in [4.78, 5) is 12.6. The number of halogens is 3. The molecular formula is C29H26F3NO4. The molecule has 0 saturated heterocycles. The fourth-order valence-corrected chi connectivity index (χ4v) is 4.06. The van der Waals surface area contributed by atoms with Crippen molar-refractivity contribution < 1.29 is 32.5 Å². The zero-order chi connectivity index (χ0) is 26.4. The molecule has 0 spiro atoms. The molecule has 1 atom stereocenters. The summed E-state index contributed by atoms with van der Waals surface area (Å²) in [5.74, 6) is 0.923. The van der Waals surface area contributed by atoms with Gasteiger partial charge in [-0.15, -0.1) is 0 Å². The van der Waals surface area contributed by atoms with E-state index in [0.29, 0.717) is 41.4 Å². The Balaban J connectivity index is 1.57. The summed E-state index contributed by atoms with van der Waals surface area (Å²) in [5.41, 5.74) is 2.64. The van der Waals surface area contributed by atoms with Crippen molar-refractivity contribution in [2.45, 2.75) is 25.6 Å². The molecule has 1 amide bonds. The van der Waals surface area contributed by atoms with Crippen LogP contribution in [0.3, 0.4) is 0 Å². The second-order valence-corrected chi connectivity index (χ2v) is 8.37. The van der Waals surface area contributed by atoms with E-state index in [1.807, 2.05) is 19.1 Å². The smallest absolute Gasteiger partial charge is 0.416 e. The van der Waals surface area contributed by atoms with E-state index in [4.69, 9.17) is 9.47 Å². The molecule has 3 aromatic carbocycles. The first-order valence-corrected chi connectivity index (χ1v) is 11.8. The molecule has 0 bridgehead atoms. The number of hydrogen-bond acceptors (Lipinski definition) is 4. The Morgan fingerprint density at radius 2 is 1.76 bits per heavy atom. The van der Waals surface area contributed by atoms with Crippen LogP contribution in [0.25, 0.3) is 5.57 Å². The van der Waals surface area contributed by atoms with Crippen LogP contribution in [0, 0.1) is 0 Å². The van der Waals surface area contributed by atoms with Crippen LogP contribution in [-0.2, 0) is 17.4 Å². The minimum Gasteiger partial charge on any atom is -0.494 e. The summed E-state index contributed by atoms with van der Waals surface area (Å²) < 4.78 is 50.3. The third-order valence-corrected chi connectivity index (χ3v) is 5.83. The van der Waals surface area contributed by atoms with Gasteiger partial charge in [0.1, 0.15) is 17.6 Å². The van der Waals surface area contributed by atoms with Crippen molar-refractivity contribution in [1.82, 2.24) is 0 Å². The Kier molecular flexibility index (Phi) is 7.98. The first-order valence-electron chi connectivity index (χ1n) is 11.8. The third kappa shape index (κ3) is 6.40. The Hall–Kier alpha value is -4.04. The summed E-state index contributed by atoms with van der Waals surface area (Å²) in [6.45, 7) is 2.26. The number of fused-ring (bicyclic) bond motifs is 1. The summed E-state index contributed by atoms with van der Waals surface area (Å²) >= 11 is 0. The number of carbonyl (C=O) groups is 1. The van der Waals surface area contributed by atoms with Crippen LogP contribution in [0.1, 0.15) is 29.2 Å². The molecule has 3 aromatic rings. The molecule has 0 saturated carbocycles. The molecule has 1 aliphatic heterocycles. The quantitative estimate of drug-likeness (QED) is 0.288. The first-order chi connectivity index (χ1) is 17.8. The highest BCUT2D eigenvalue weighted by Crippen LogP contribution is 2.35. The highest BCUT2D eigenvalue weighted by Gasteiger charge is 2.30. The SMILES string of the molecule is CCOc1ccc(C(=CC=CC(=O)Nc2cccc3c2CC(CO)O3)c2ccc(C(F)(F)F)cc2)cc1. The van der Waals surface area contributed by atoms with Crippen molar-refractivity contribution in [1.29, 1.82) is 0 Å².